The quantitative estimate of drug-likeness (QED) is 0.704. The van der Waals surface area contributed by atoms with Crippen LogP contribution in [0, 0.1) is 18.3 Å². The number of halogens is 1. The lowest BCUT2D eigenvalue weighted by atomic mass is 10.00. The van der Waals surface area contributed by atoms with Crippen molar-refractivity contribution in [1.29, 1.82) is 5.26 Å². The van der Waals surface area contributed by atoms with Gasteiger partial charge in [0.05, 0.1) is 15.6 Å². The second-order valence-corrected chi connectivity index (χ2v) is 8.59. The molecule has 0 fully saturated rings. The van der Waals surface area contributed by atoms with E-state index in [4.69, 9.17) is 21.7 Å². The van der Waals surface area contributed by atoms with Gasteiger partial charge in [0.15, 0.2) is 15.9 Å². The van der Waals surface area contributed by atoms with Crippen molar-refractivity contribution in [3.63, 3.8) is 0 Å². The Hall–Kier alpha value is -2.87. The lowest BCUT2D eigenvalue weighted by Gasteiger charge is -2.14. The number of carbonyl (C=O) groups excluding carboxylic acids is 1. The smallest absolute Gasteiger partial charge is 0.277 e. The first-order chi connectivity index (χ1) is 13.1. The number of nitriles is 1. The normalized spacial score (nSPS) is 16.4. The molecule has 11 heteroatoms. The van der Waals surface area contributed by atoms with Crippen molar-refractivity contribution in [3.05, 3.63) is 56.0 Å². The summed E-state index contributed by atoms with van der Waals surface area (Å²) in [5.41, 5.74) is 2.29. The van der Waals surface area contributed by atoms with Gasteiger partial charge in [0.25, 0.3) is 5.56 Å². The van der Waals surface area contributed by atoms with E-state index in [0.29, 0.717) is 5.69 Å². The molecule has 3 rings (SSSR count). The summed E-state index contributed by atoms with van der Waals surface area (Å²) in [6.07, 6.45) is 1.40. The molecule has 146 valence electrons. The van der Waals surface area contributed by atoms with Gasteiger partial charge in [0.2, 0.25) is 5.78 Å². The van der Waals surface area contributed by atoms with Gasteiger partial charge in [0.1, 0.15) is 11.6 Å². The molecule has 2 heterocycles. The molecule has 2 aromatic rings. The minimum absolute atomic E-state index is 0.00206. The monoisotopic (exact) mass is 422 g/mol. The first-order valence-electron chi connectivity index (χ1n) is 7.92. The number of hydrogen-bond acceptors (Lipinski definition) is 7. The molecule has 9 nitrogen and oxygen atoms in total. The van der Waals surface area contributed by atoms with Crippen molar-refractivity contribution >= 4 is 32.9 Å². The summed E-state index contributed by atoms with van der Waals surface area (Å²) in [7, 11) is -2.25. The van der Waals surface area contributed by atoms with E-state index in [-0.39, 0.29) is 32.3 Å². The summed E-state index contributed by atoms with van der Waals surface area (Å²) < 4.78 is 25.6. The Balaban J connectivity index is 2.26. The third kappa shape index (κ3) is 3.24. The molecule has 0 spiro atoms. The maximum Gasteiger partial charge on any atom is 0.277 e. The van der Waals surface area contributed by atoms with Gasteiger partial charge in [-0.15, -0.1) is 0 Å². The molecular formula is C17H15ClN4O5S. The molecular weight excluding hydrogens is 408 g/mol. The third-order valence-corrected chi connectivity index (χ3v) is 5.75. The number of aryl methyl sites for hydroxylation is 2. The molecule has 1 aromatic heterocycles. The van der Waals surface area contributed by atoms with Crippen molar-refractivity contribution in [3.8, 4) is 6.07 Å². The summed E-state index contributed by atoms with van der Waals surface area (Å²) in [5, 5.41) is 11.5. The van der Waals surface area contributed by atoms with Crippen molar-refractivity contribution < 1.29 is 18.0 Å². The Labute approximate surface area is 165 Å². The molecule has 1 aliphatic heterocycles. The number of carbonyl (C=O) groups is 1. The summed E-state index contributed by atoms with van der Waals surface area (Å²) >= 11 is 6.42. The van der Waals surface area contributed by atoms with Crippen LogP contribution in [0.5, 0.6) is 0 Å². The van der Waals surface area contributed by atoms with Gasteiger partial charge in [-0.25, -0.2) is 8.42 Å². The lowest BCUT2D eigenvalue weighted by Crippen LogP contribution is -2.20. The fourth-order valence-corrected chi connectivity index (χ4v) is 4.23. The largest absolute Gasteiger partial charge is 0.299 e. The zero-order valence-electron chi connectivity index (χ0n) is 15.0. The van der Waals surface area contributed by atoms with E-state index < -0.39 is 27.3 Å². The van der Waals surface area contributed by atoms with Crippen molar-refractivity contribution in [2.75, 3.05) is 6.26 Å². The van der Waals surface area contributed by atoms with Crippen LogP contribution in [0.25, 0.3) is 5.70 Å². The predicted molar refractivity (Wildman–Crippen MR) is 100 cm³/mol. The number of benzene rings is 1. The summed E-state index contributed by atoms with van der Waals surface area (Å²) in [6.45, 7) is 1.57. The Kier molecular flexibility index (Phi) is 4.93. The maximum atomic E-state index is 13.0. The van der Waals surface area contributed by atoms with Crippen LogP contribution >= 0.6 is 11.6 Å². The highest BCUT2D eigenvalue weighted by Gasteiger charge is 2.29. The zero-order valence-corrected chi connectivity index (χ0v) is 16.6. The van der Waals surface area contributed by atoms with Gasteiger partial charge in [-0.2, -0.15) is 5.26 Å². The van der Waals surface area contributed by atoms with Gasteiger partial charge in [-0.3, -0.25) is 29.7 Å². The van der Waals surface area contributed by atoms with Crippen LogP contribution in [-0.2, 0) is 21.7 Å². The zero-order chi connectivity index (χ0) is 20.8. The van der Waals surface area contributed by atoms with Crippen LogP contribution in [0.4, 0.5) is 0 Å². The molecule has 1 unspecified atom stereocenters. The van der Waals surface area contributed by atoms with E-state index in [2.05, 4.69) is 10.6 Å². The summed E-state index contributed by atoms with van der Waals surface area (Å²) in [6, 6.07) is 4.35. The topological polar surface area (TPSA) is 134 Å². The second kappa shape index (κ2) is 6.94. The highest BCUT2D eigenvalue weighted by molar-refractivity contribution is 7.90. The van der Waals surface area contributed by atoms with Crippen LogP contribution < -0.4 is 11.0 Å². The van der Waals surface area contributed by atoms with E-state index in [0.717, 1.165) is 10.9 Å². The van der Waals surface area contributed by atoms with Crippen molar-refractivity contribution in [1.82, 2.24) is 15.3 Å². The number of nitrogens with one attached hydrogen (secondary N) is 2. The number of nitrogens with zero attached hydrogens (tertiary/aromatic N) is 2. The molecule has 28 heavy (non-hydrogen) atoms. The molecule has 0 bridgehead atoms. The number of hydrogen-bond donors (Lipinski definition) is 2. The SMILES string of the molecule is Cc1[nH]n(C)c(=O)c1C(=O)c1ccc(S(C)(=O)=O)c(C2=CC(C#N)ON2)c1Cl. The summed E-state index contributed by atoms with van der Waals surface area (Å²) in [5.74, 6) is -0.651. The van der Waals surface area contributed by atoms with Gasteiger partial charge >= 0.3 is 0 Å². The predicted octanol–water partition coefficient (Wildman–Crippen LogP) is 1.08. The first-order valence-corrected chi connectivity index (χ1v) is 10.2. The average Bonchev–Trinajstić information content (AvgIpc) is 3.18. The van der Waals surface area contributed by atoms with E-state index in [1.807, 2.05) is 6.07 Å². The van der Waals surface area contributed by atoms with Crippen LogP contribution in [-0.4, -0.2) is 36.3 Å². The molecule has 0 aliphatic carbocycles. The molecule has 1 aromatic carbocycles. The molecule has 0 saturated heterocycles. The molecule has 0 amide bonds. The number of sulfone groups is 1. The Bertz CT molecular complexity index is 1230. The Morgan fingerprint density at radius 3 is 2.57 bits per heavy atom. The van der Waals surface area contributed by atoms with E-state index in [9.17, 15) is 18.0 Å². The van der Waals surface area contributed by atoms with Crippen molar-refractivity contribution in [2.24, 2.45) is 7.05 Å². The van der Waals surface area contributed by atoms with Gasteiger partial charge in [-0.1, -0.05) is 11.6 Å². The number of H-pyrrole nitrogens is 1. The van der Waals surface area contributed by atoms with Gasteiger partial charge < -0.3 is 0 Å². The fraction of sp³-hybridized carbons (Fsp3) is 0.235. The number of ketones is 1. The number of aromatic amines is 1. The standard InChI is InChI=1S/C17H15ClN4O5S/c1-8-13(17(24)22(2)20-8)16(23)10-4-5-12(28(3,25)26)14(15(10)18)11-6-9(7-19)27-21-11/h4-6,9,20-21H,1-3H3. The number of aromatic nitrogens is 2. The third-order valence-electron chi connectivity index (χ3n) is 4.21. The first kappa shape index (κ1) is 19.9. The number of hydroxylamine groups is 1. The van der Waals surface area contributed by atoms with E-state index in [1.54, 1.807) is 6.92 Å². The Morgan fingerprint density at radius 1 is 1.39 bits per heavy atom. The van der Waals surface area contributed by atoms with Crippen LogP contribution in [0.3, 0.4) is 0 Å². The highest BCUT2D eigenvalue weighted by Crippen LogP contribution is 2.35. The molecule has 2 N–H and O–H groups in total. The minimum Gasteiger partial charge on any atom is -0.299 e. The summed E-state index contributed by atoms with van der Waals surface area (Å²) in [4.78, 5) is 30.1. The second-order valence-electron chi connectivity index (χ2n) is 6.23. The Morgan fingerprint density at radius 2 is 2.07 bits per heavy atom. The molecule has 0 saturated carbocycles. The van der Waals surface area contributed by atoms with Crippen molar-refractivity contribution in [2.45, 2.75) is 17.9 Å². The maximum absolute atomic E-state index is 13.0. The molecule has 1 atom stereocenters. The van der Waals surface area contributed by atoms with Crippen LogP contribution in [0.15, 0.2) is 27.9 Å². The highest BCUT2D eigenvalue weighted by atomic mass is 35.5. The average molecular weight is 423 g/mol. The van der Waals surface area contributed by atoms with E-state index >= 15 is 0 Å². The van der Waals surface area contributed by atoms with Gasteiger partial charge in [-0.05, 0) is 25.1 Å². The lowest BCUT2D eigenvalue weighted by molar-refractivity contribution is 0.0823. The van der Waals surface area contributed by atoms with E-state index in [1.165, 1.54) is 25.3 Å². The van der Waals surface area contributed by atoms with Gasteiger partial charge in [0, 0.05) is 30.1 Å². The molecule has 0 radical (unpaired) electrons. The number of rotatable bonds is 4. The van der Waals surface area contributed by atoms with Crippen LogP contribution in [0.2, 0.25) is 5.02 Å². The minimum atomic E-state index is -3.72. The molecule has 1 aliphatic rings. The van der Waals surface area contributed by atoms with Crippen LogP contribution in [0.1, 0.15) is 27.2 Å². The fourth-order valence-electron chi connectivity index (χ4n) is 2.93.